The second-order valence-electron chi connectivity index (χ2n) is 8.81. The smallest absolute Gasteiger partial charge is 0.364 e. The van der Waals surface area contributed by atoms with E-state index in [1.165, 1.54) is 18.0 Å². The van der Waals surface area contributed by atoms with Crippen molar-refractivity contribution in [3.8, 4) is 22.3 Å². The second kappa shape index (κ2) is 9.18. The van der Waals surface area contributed by atoms with Crippen LogP contribution in [0.25, 0.3) is 27.9 Å². The van der Waals surface area contributed by atoms with E-state index >= 15 is 0 Å². The van der Waals surface area contributed by atoms with Gasteiger partial charge in [-0.05, 0) is 61.2 Å². The molecule has 0 spiro atoms. The Bertz CT molecular complexity index is 1340. The normalized spacial score (nSPS) is 18.9. The van der Waals surface area contributed by atoms with Crippen LogP contribution < -0.4 is 15.4 Å². The minimum Gasteiger partial charge on any atom is -0.364 e. The molecule has 1 aliphatic heterocycles. The van der Waals surface area contributed by atoms with Gasteiger partial charge in [0.15, 0.2) is 5.65 Å². The maximum atomic E-state index is 13.5. The van der Waals surface area contributed by atoms with E-state index in [0.717, 1.165) is 30.3 Å². The second-order valence-corrected chi connectivity index (χ2v) is 9.48. The molecule has 0 amide bonds. The van der Waals surface area contributed by atoms with Gasteiger partial charge in [-0.25, -0.2) is 9.50 Å². The van der Waals surface area contributed by atoms with Crippen molar-refractivity contribution in [2.75, 3.05) is 18.0 Å². The zero-order chi connectivity index (χ0) is 24.7. The van der Waals surface area contributed by atoms with E-state index in [4.69, 9.17) is 5.14 Å². The zero-order valence-electron chi connectivity index (χ0n) is 19.3. The number of alkyl halides is 3. The predicted molar refractivity (Wildman–Crippen MR) is 133 cm³/mol. The third-order valence-electron chi connectivity index (χ3n) is 6.41. The molecule has 10 heteroatoms. The topological polar surface area (TPSA) is 71.5 Å². The van der Waals surface area contributed by atoms with Crippen LogP contribution in [0.2, 0.25) is 0 Å². The Balaban J connectivity index is 1.46. The molecule has 0 saturated carbocycles. The lowest BCUT2D eigenvalue weighted by Crippen LogP contribution is -2.55. The van der Waals surface area contributed by atoms with Crippen molar-refractivity contribution in [1.29, 1.82) is 0 Å². The lowest BCUT2D eigenvalue weighted by molar-refractivity contribution is -0.139. The van der Waals surface area contributed by atoms with Gasteiger partial charge in [0, 0.05) is 59.3 Å². The van der Waals surface area contributed by atoms with Crippen LogP contribution in [0.5, 0.6) is 0 Å². The first-order chi connectivity index (χ1) is 16.8. The molecule has 3 heterocycles. The Hall–Kier alpha value is -3.08. The first kappa shape index (κ1) is 23.7. The SMILES string of the molecule is CC1CNCC(C)N1c1ccc(-c2cnc3c(-c4ccc(SN)c(C(F)(F)F)c4)cnn3c2)cc1. The van der Waals surface area contributed by atoms with Gasteiger partial charge in [-0.3, -0.25) is 5.14 Å². The highest BCUT2D eigenvalue weighted by Crippen LogP contribution is 2.38. The third kappa shape index (κ3) is 4.49. The molecule has 1 aliphatic rings. The van der Waals surface area contributed by atoms with Crippen LogP contribution in [0.15, 0.2) is 66.0 Å². The number of nitrogens with one attached hydrogen (secondary N) is 1. The van der Waals surface area contributed by atoms with E-state index in [1.807, 2.05) is 6.20 Å². The standard InChI is InChI=1S/C25H25F3N6S/c1-15-10-30-11-16(2)34(15)20-6-3-17(4-7-20)19-12-31-24-21(13-32-33(24)14-19)18-5-8-23(35-29)22(9-18)25(26,27)28/h3-9,12-16,30H,10-11,29H2,1-2H3. The molecule has 182 valence electrons. The van der Waals surface area contributed by atoms with Crippen molar-refractivity contribution in [1.82, 2.24) is 19.9 Å². The molecule has 35 heavy (non-hydrogen) atoms. The first-order valence-corrected chi connectivity index (χ1v) is 12.2. The summed E-state index contributed by atoms with van der Waals surface area (Å²) in [5.74, 6) is 0. The van der Waals surface area contributed by atoms with Crippen molar-refractivity contribution in [2.45, 2.75) is 37.0 Å². The van der Waals surface area contributed by atoms with Gasteiger partial charge in [-0.1, -0.05) is 18.2 Å². The highest BCUT2D eigenvalue weighted by molar-refractivity contribution is 7.97. The molecule has 4 aromatic rings. The number of fused-ring (bicyclic) bond motifs is 1. The van der Waals surface area contributed by atoms with Crippen LogP contribution in [0.1, 0.15) is 19.4 Å². The van der Waals surface area contributed by atoms with E-state index in [0.29, 0.717) is 40.8 Å². The molecule has 3 N–H and O–H groups in total. The van der Waals surface area contributed by atoms with E-state index in [2.05, 4.69) is 58.4 Å². The number of hydrogen-bond donors (Lipinski definition) is 2. The maximum Gasteiger partial charge on any atom is 0.417 e. The number of hydrogen-bond acceptors (Lipinski definition) is 6. The van der Waals surface area contributed by atoms with E-state index in [-0.39, 0.29) is 4.90 Å². The van der Waals surface area contributed by atoms with E-state index in [9.17, 15) is 13.2 Å². The summed E-state index contributed by atoms with van der Waals surface area (Å²) < 4.78 is 42.1. The summed E-state index contributed by atoms with van der Waals surface area (Å²) in [6.45, 7) is 6.33. The number of anilines is 1. The van der Waals surface area contributed by atoms with Crippen LogP contribution in [0.3, 0.4) is 0 Å². The highest BCUT2D eigenvalue weighted by Gasteiger charge is 2.34. The fourth-order valence-electron chi connectivity index (χ4n) is 4.72. The molecule has 6 nitrogen and oxygen atoms in total. The summed E-state index contributed by atoms with van der Waals surface area (Å²) in [5.41, 5.74) is 3.64. The summed E-state index contributed by atoms with van der Waals surface area (Å²) in [5, 5.41) is 13.2. The number of halogens is 3. The summed E-state index contributed by atoms with van der Waals surface area (Å²) >= 11 is 0.579. The van der Waals surface area contributed by atoms with Gasteiger partial charge in [0.05, 0.1) is 11.8 Å². The van der Waals surface area contributed by atoms with Gasteiger partial charge in [-0.2, -0.15) is 18.3 Å². The van der Waals surface area contributed by atoms with Gasteiger partial charge < -0.3 is 10.2 Å². The molecule has 2 aromatic heterocycles. The van der Waals surface area contributed by atoms with Gasteiger partial charge >= 0.3 is 6.18 Å². The van der Waals surface area contributed by atoms with Crippen LogP contribution in [0.4, 0.5) is 18.9 Å². The number of benzene rings is 2. The molecule has 2 aromatic carbocycles. The van der Waals surface area contributed by atoms with Gasteiger partial charge in [0.1, 0.15) is 0 Å². The Morgan fingerprint density at radius 3 is 2.31 bits per heavy atom. The third-order valence-corrected chi connectivity index (χ3v) is 7.02. The monoisotopic (exact) mass is 498 g/mol. The van der Waals surface area contributed by atoms with Crippen molar-refractivity contribution in [2.24, 2.45) is 5.14 Å². The number of rotatable bonds is 4. The molecule has 1 saturated heterocycles. The Morgan fingerprint density at radius 1 is 0.971 bits per heavy atom. The van der Waals surface area contributed by atoms with Crippen LogP contribution >= 0.6 is 11.9 Å². The molecule has 2 atom stereocenters. The molecular formula is C25H25F3N6S. The van der Waals surface area contributed by atoms with Crippen molar-refractivity contribution in [3.63, 3.8) is 0 Å². The summed E-state index contributed by atoms with van der Waals surface area (Å²) in [6.07, 6.45) is 0.590. The molecule has 5 rings (SSSR count). The zero-order valence-corrected chi connectivity index (χ0v) is 20.1. The minimum atomic E-state index is -4.51. The van der Waals surface area contributed by atoms with Gasteiger partial charge in [0.2, 0.25) is 0 Å². The molecule has 2 unspecified atom stereocenters. The molecule has 0 radical (unpaired) electrons. The van der Waals surface area contributed by atoms with Crippen molar-refractivity contribution >= 4 is 23.3 Å². The lowest BCUT2D eigenvalue weighted by Gasteiger charge is -2.41. The Labute approximate surface area is 205 Å². The molecule has 0 aliphatic carbocycles. The van der Waals surface area contributed by atoms with Crippen LogP contribution in [-0.4, -0.2) is 39.8 Å². The maximum absolute atomic E-state index is 13.5. The van der Waals surface area contributed by atoms with E-state index < -0.39 is 11.7 Å². The van der Waals surface area contributed by atoms with Crippen LogP contribution in [-0.2, 0) is 6.18 Å². The molecular weight excluding hydrogens is 473 g/mol. The highest BCUT2D eigenvalue weighted by atomic mass is 32.2. The largest absolute Gasteiger partial charge is 0.417 e. The van der Waals surface area contributed by atoms with Crippen LogP contribution in [0, 0.1) is 0 Å². The quantitative estimate of drug-likeness (QED) is 0.375. The fourth-order valence-corrected chi connectivity index (χ4v) is 5.16. The fraction of sp³-hybridized carbons (Fsp3) is 0.280. The van der Waals surface area contributed by atoms with E-state index in [1.54, 1.807) is 16.8 Å². The average molecular weight is 499 g/mol. The van der Waals surface area contributed by atoms with Gasteiger partial charge in [0.25, 0.3) is 0 Å². The van der Waals surface area contributed by atoms with Gasteiger partial charge in [-0.15, -0.1) is 0 Å². The average Bonchev–Trinajstić information content (AvgIpc) is 3.27. The van der Waals surface area contributed by atoms with Crippen molar-refractivity contribution in [3.05, 3.63) is 66.6 Å². The Morgan fingerprint density at radius 2 is 1.66 bits per heavy atom. The lowest BCUT2D eigenvalue weighted by atomic mass is 10.0. The van der Waals surface area contributed by atoms with Crippen molar-refractivity contribution < 1.29 is 13.2 Å². The Kier molecular flexibility index (Phi) is 6.20. The number of aromatic nitrogens is 3. The molecule has 0 bridgehead atoms. The summed E-state index contributed by atoms with van der Waals surface area (Å²) in [6, 6.07) is 13.2. The summed E-state index contributed by atoms with van der Waals surface area (Å²) in [7, 11) is 0. The molecule has 1 fully saturated rings. The minimum absolute atomic E-state index is 0.0268. The number of nitrogens with zero attached hydrogens (tertiary/aromatic N) is 4. The number of nitrogens with two attached hydrogens (primary N) is 1. The first-order valence-electron chi connectivity index (χ1n) is 11.3. The predicted octanol–water partition coefficient (Wildman–Crippen LogP) is 5.23. The summed E-state index contributed by atoms with van der Waals surface area (Å²) in [4.78, 5) is 6.93. The number of piperazine rings is 1.